The van der Waals surface area contributed by atoms with Crippen LogP contribution in [-0.4, -0.2) is 16.4 Å². The van der Waals surface area contributed by atoms with Gasteiger partial charge >= 0.3 is 7.82 Å². The first-order valence-electron chi connectivity index (χ1n) is 6.51. The summed E-state index contributed by atoms with van der Waals surface area (Å²) in [5, 5.41) is 0. The fraction of sp³-hybridized carbons (Fsp3) is 1.00. The van der Waals surface area contributed by atoms with Gasteiger partial charge in [-0.3, -0.25) is 4.52 Å². The molecule has 0 radical (unpaired) electrons. The molecule has 2 unspecified atom stereocenters. The van der Waals surface area contributed by atoms with Crippen molar-refractivity contribution < 1.29 is 18.9 Å². The summed E-state index contributed by atoms with van der Waals surface area (Å²) in [6.45, 7) is 9.02. The fourth-order valence-electron chi connectivity index (χ4n) is 2.24. The molecule has 104 valence electrons. The Morgan fingerprint density at radius 2 is 1.59 bits per heavy atom. The maximum atomic E-state index is 10.5. The standard InChI is InChI=1S/C12H27O4P/c1-5-10(3)12(11(4)6-2)8-7-9-16-17(13,14)15/h10-12H,5-9H2,1-4H3,(H2,13,14,15). The fourth-order valence-corrected chi connectivity index (χ4v) is 2.60. The van der Waals surface area contributed by atoms with Gasteiger partial charge in [0.2, 0.25) is 0 Å². The molecule has 0 aliphatic rings. The molecule has 0 aliphatic heterocycles. The number of phosphoric ester groups is 1. The van der Waals surface area contributed by atoms with Gasteiger partial charge in [0.1, 0.15) is 0 Å². The van der Waals surface area contributed by atoms with Crippen LogP contribution in [0.15, 0.2) is 0 Å². The van der Waals surface area contributed by atoms with Crippen molar-refractivity contribution in [2.24, 2.45) is 17.8 Å². The Morgan fingerprint density at radius 1 is 1.12 bits per heavy atom. The monoisotopic (exact) mass is 266 g/mol. The first-order chi connectivity index (χ1) is 7.81. The van der Waals surface area contributed by atoms with Gasteiger partial charge in [0.15, 0.2) is 0 Å². The van der Waals surface area contributed by atoms with Gasteiger partial charge in [-0.25, -0.2) is 4.57 Å². The van der Waals surface area contributed by atoms with Crippen LogP contribution < -0.4 is 0 Å². The lowest BCUT2D eigenvalue weighted by atomic mass is 9.78. The third-order valence-corrected chi connectivity index (χ3v) is 4.21. The predicted octanol–water partition coefficient (Wildman–Crippen LogP) is 3.58. The van der Waals surface area contributed by atoms with E-state index in [1.54, 1.807) is 0 Å². The number of phosphoric acid groups is 1. The van der Waals surface area contributed by atoms with Crippen LogP contribution in [0.2, 0.25) is 0 Å². The summed E-state index contributed by atoms with van der Waals surface area (Å²) in [7, 11) is -4.29. The first kappa shape index (κ1) is 17.1. The molecule has 0 bridgehead atoms. The van der Waals surface area contributed by atoms with Crippen molar-refractivity contribution in [2.45, 2.75) is 53.4 Å². The normalized spacial score (nSPS) is 17.8. The molecule has 0 aromatic rings. The highest BCUT2D eigenvalue weighted by molar-refractivity contribution is 7.46. The van der Waals surface area contributed by atoms with Crippen LogP contribution in [0.1, 0.15) is 53.4 Å². The number of rotatable bonds is 9. The molecule has 0 aliphatic carbocycles. The van der Waals surface area contributed by atoms with Crippen LogP contribution in [0.3, 0.4) is 0 Å². The largest absolute Gasteiger partial charge is 0.469 e. The number of hydrogen-bond donors (Lipinski definition) is 2. The maximum Gasteiger partial charge on any atom is 0.469 e. The summed E-state index contributed by atoms with van der Waals surface area (Å²) in [6, 6.07) is 0. The zero-order valence-electron chi connectivity index (χ0n) is 11.4. The Morgan fingerprint density at radius 3 is 1.94 bits per heavy atom. The molecule has 0 saturated heterocycles. The molecule has 0 fully saturated rings. The minimum atomic E-state index is -4.29. The zero-order chi connectivity index (χ0) is 13.5. The van der Waals surface area contributed by atoms with Gasteiger partial charge in [-0.2, -0.15) is 0 Å². The van der Waals surface area contributed by atoms with Gasteiger partial charge in [-0.05, 0) is 30.6 Å². The first-order valence-corrected chi connectivity index (χ1v) is 8.04. The summed E-state index contributed by atoms with van der Waals surface area (Å²) in [5.74, 6) is 1.92. The van der Waals surface area contributed by atoms with E-state index < -0.39 is 7.82 Å². The number of hydrogen-bond acceptors (Lipinski definition) is 2. The molecular weight excluding hydrogens is 239 g/mol. The van der Waals surface area contributed by atoms with Gasteiger partial charge in [-0.15, -0.1) is 0 Å². The van der Waals surface area contributed by atoms with Crippen molar-refractivity contribution in [3.63, 3.8) is 0 Å². The van der Waals surface area contributed by atoms with Gasteiger partial charge in [0, 0.05) is 0 Å². The van der Waals surface area contributed by atoms with E-state index in [1.165, 1.54) is 0 Å². The third kappa shape index (κ3) is 7.93. The molecule has 2 N–H and O–H groups in total. The van der Waals surface area contributed by atoms with Gasteiger partial charge < -0.3 is 9.79 Å². The highest BCUT2D eigenvalue weighted by atomic mass is 31.2. The molecule has 17 heavy (non-hydrogen) atoms. The molecule has 2 atom stereocenters. The third-order valence-electron chi connectivity index (χ3n) is 3.69. The van der Waals surface area contributed by atoms with Crippen LogP contribution in [0, 0.1) is 17.8 Å². The van der Waals surface area contributed by atoms with Crippen LogP contribution >= 0.6 is 7.82 Å². The van der Waals surface area contributed by atoms with Crippen LogP contribution in [0.25, 0.3) is 0 Å². The molecule has 0 heterocycles. The maximum absolute atomic E-state index is 10.5. The quantitative estimate of drug-likeness (QED) is 0.494. The topological polar surface area (TPSA) is 66.8 Å². The van der Waals surface area contributed by atoms with Gasteiger partial charge in [0.05, 0.1) is 6.61 Å². The lowest BCUT2D eigenvalue weighted by Crippen LogP contribution is -2.19. The van der Waals surface area contributed by atoms with E-state index >= 15 is 0 Å². The van der Waals surface area contributed by atoms with Crippen molar-refractivity contribution in [3.05, 3.63) is 0 Å². The molecule has 4 nitrogen and oxygen atoms in total. The lowest BCUT2D eigenvalue weighted by molar-refractivity contribution is 0.171. The molecule has 0 aromatic heterocycles. The summed E-state index contributed by atoms with van der Waals surface area (Å²) in [6.07, 6.45) is 3.98. The Kier molecular flexibility index (Phi) is 8.31. The summed E-state index contributed by atoms with van der Waals surface area (Å²) in [4.78, 5) is 17.2. The highest BCUT2D eigenvalue weighted by Gasteiger charge is 2.21. The zero-order valence-corrected chi connectivity index (χ0v) is 12.3. The van der Waals surface area contributed by atoms with Crippen molar-refractivity contribution in [1.82, 2.24) is 0 Å². The Bertz CT molecular complexity index is 229. The lowest BCUT2D eigenvalue weighted by Gasteiger charge is -2.28. The minimum Gasteiger partial charge on any atom is -0.303 e. The molecule has 0 rings (SSSR count). The predicted molar refractivity (Wildman–Crippen MR) is 69.6 cm³/mol. The van der Waals surface area contributed by atoms with E-state index in [0.717, 1.165) is 19.3 Å². The smallest absolute Gasteiger partial charge is 0.303 e. The van der Waals surface area contributed by atoms with Crippen molar-refractivity contribution in [2.75, 3.05) is 6.61 Å². The Hall–Kier alpha value is 0.110. The van der Waals surface area contributed by atoms with Gasteiger partial charge in [0.25, 0.3) is 0 Å². The van der Waals surface area contributed by atoms with E-state index in [1.807, 2.05) is 0 Å². The van der Waals surface area contributed by atoms with E-state index in [9.17, 15) is 4.57 Å². The van der Waals surface area contributed by atoms with Crippen molar-refractivity contribution >= 4 is 7.82 Å². The van der Waals surface area contributed by atoms with Crippen LogP contribution in [-0.2, 0) is 9.09 Å². The Labute approximate surface area is 105 Å². The van der Waals surface area contributed by atoms with E-state index in [-0.39, 0.29) is 6.61 Å². The second-order valence-corrected chi connectivity index (χ2v) is 6.14. The minimum absolute atomic E-state index is 0.146. The highest BCUT2D eigenvalue weighted by Crippen LogP contribution is 2.36. The van der Waals surface area contributed by atoms with E-state index in [4.69, 9.17) is 9.79 Å². The molecule has 0 spiro atoms. The van der Waals surface area contributed by atoms with Crippen molar-refractivity contribution in [3.8, 4) is 0 Å². The van der Waals surface area contributed by atoms with E-state index in [0.29, 0.717) is 24.2 Å². The molecule has 0 saturated carbocycles. The summed E-state index contributed by atoms with van der Waals surface area (Å²) < 4.78 is 15.0. The van der Waals surface area contributed by atoms with Gasteiger partial charge in [-0.1, -0.05) is 40.5 Å². The summed E-state index contributed by atoms with van der Waals surface area (Å²) in [5.41, 5.74) is 0. The SMILES string of the molecule is CCC(C)C(CCCOP(=O)(O)O)C(C)CC. The molecule has 0 aromatic carbocycles. The molecule has 0 amide bonds. The average molecular weight is 266 g/mol. The second kappa shape index (κ2) is 8.25. The molecule has 5 heteroatoms. The molecular formula is C12H27O4P. The second-order valence-electron chi connectivity index (χ2n) is 4.90. The van der Waals surface area contributed by atoms with Crippen LogP contribution in [0.5, 0.6) is 0 Å². The Balaban J connectivity index is 4.05. The van der Waals surface area contributed by atoms with E-state index in [2.05, 4.69) is 32.2 Å². The average Bonchev–Trinajstić information content (AvgIpc) is 2.26. The summed E-state index contributed by atoms with van der Waals surface area (Å²) >= 11 is 0. The van der Waals surface area contributed by atoms with Crippen molar-refractivity contribution in [1.29, 1.82) is 0 Å². The van der Waals surface area contributed by atoms with Crippen LogP contribution in [0.4, 0.5) is 0 Å².